The summed E-state index contributed by atoms with van der Waals surface area (Å²) in [5, 5.41) is 4.06. The molecule has 2 aromatic rings. The monoisotopic (exact) mass is 261 g/mol. The predicted molar refractivity (Wildman–Crippen MR) is 70.1 cm³/mol. The van der Waals surface area contributed by atoms with Crippen molar-refractivity contribution in [1.29, 1.82) is 0 Å². The van der Waals surface area contributed by atoms with Crippen LogP contribution in [-0.4, -0.2) is 27.6 Å². The molecule has 0 unspecified atom stereocenters. The van der Waals surface area contributed by atoms with Crippen molar-refractivity contribution >= 4 is 5.91 Å². The molecule has 19 heavy (non-hydrogen) atoms. The van der Waals surface area contributed by atoms with Gasteiger partial charge < -0.3 is 4.90 Å². The van der Waals surface area contributed by atoms with E-state index in [-0.39, 0.29) is 11.7 Å². The van der Waals surface area contributed by atoms with Crippen molar-refractivity contribution in [3.63, 3.8) is 0 Å². The number of nitrogens with zero attached hydrogens (tertiary/aromatic N) is 3. The number of amides is 1. The summed E-state index contributed by atoms with van der Waals surface area (Å²) in [6.07, 6.45) is 3.59. The normalized spacial score (nSPS) is 10.5. The molecule has 0 atom stereocenters. The summed E-state index contributed by atoms with van der Waals surface area (Å²) in [5.41, 5.74) is 2.12. The van der Waals surface area contributed by atoms with Crippen LogP contribution in [0.2, 0.25) is 0 Å². The third-order valence-corrected chi connectivity index (χ3v) is 2.94. The van der Waals surface area contributed by atoms with Crippen LogP contribution in [0.3, 0.4) is 0 Å². The molecule has 0 saturated carbocycles. The maximum atomic E-state index is 13.0. The van der Waals surface area contributed by atoms with Crippen LogP contribution in [0.1, 0.15) is 21.5 Å². The molecule has 1 amide bonds. The molecule has 0 bridgehead atoms. The van der Waals surface area contributed by atoms with Gasteiger partial charge >= 0.3 is 0 Å². The number of benzene rings is 1. The Morgan fingerprint density at radius 2 is 2.21 bits per heavy atom. The van der Waals surface area contributed by atoms with E-state index in [4.69, 9.17) is 0 Å². The lowest BCUT2D eigenvalue weighted by atomic mass is 10.1. The zero-order chi connectivity index (χ0) is 14.0. The van der Waals surface area contributed by atoms with Crippen LogP contribution >= 0.6 is 0 Å². The lowest BCUT2D eigenvalue weighted by Gasteiger charge is -2.17. The third kappa shape index (κ3) is 2.99. The third-order valence-electron chi connectivity index (χ3n) is 2.94. The molecule has 4 nitrogen and oxygen atoms in total. The Balaban J connectivity index is 2.14. The van der Waals surface area contributed by atoms with Gasteiger partial charge in [0.15, 0.2) is 0 Å². The van der Waals surface area contributed by atoms with E-state index in [0.717, 1.165) is 5.56 Å². The Hall–Kier alpha value is -2.17. The van der Waals surface area contributed by atoms with Gasteiger partial charge in [0, 0.05) is 38.0 Å². The number of carbonyl (C=O) groups is 1. The number of rotatable bonds is 3. The zero-order valence-electron chi connectivity index (χ0n) is 11.2. The van der Waals surface area contributed by atoms with E-state index in [9.17, 15) is 9.18 Å². The fourth-order valence-electron chi connectivity index (χ4n) is 1.97. The fourth-order valence-corrected chi connectivity index (χ4v) is 1.97. The molecule has 1 aromatic heterocycles. The molecule has 0 aliphatic heterocycles. The van der Waals surface area contributed by atoms with E-state index in [1.54, 1.807) is 29.7 Å². The molecule has 0 aliphatic carbocycles. The van der Waals surface area contributed by atoms with Crippen molar-refractivity contribution < 1.29 is 9.18 Å². The summed E-state index contributed by atoms with van der Waals surface area (Å²) in [5.74, 6) is -0.453. The summed E-state index contributed by atoms with van der Waals surface area (Å²) in [6, 6.07) is 4.19. The maximum Gasteiger partial charge on any atom is 0.254 e. The van der Waals surface area contributed by atoms with Crippen LogP contribution < -0.4 is 0 Å². The Labute approximate surface area is 111 Å². The second-order valence-electron chi connectivity index (χ2n) is 4.64. The van der Waals surface area contributed by atoms with Crippen molar-refractivity contribution in [2.24, 2.45) is 7.05 Å². The summed E-state index contributed by atoms with van der Waals surface area (Å²) >= 11 is 0. The lowest BCUT2D eigenvalue weighted by Crippen LogP contribution is -2.26. The SMILES string of the molecule is Cc1cc(F)ccc1C(=O)N(C)Cc1cnn(C)c1. The van der Waals surface area contributed by atoms with Crippen molar-refractivity contribution in [2.45, 2.75) is 13.5 Å². The van der Waals surface area contributed by atoms with Crippen molar-refractivity contribution in [1.82, 2.24) is 14.7 Å². The first-order chi connectivity index (χ1) is 8.97. The molecule has 0 radical (unpaired) electrons. The van der Waals surface area contributed by atoms with E-state index < -0.39 is 0 Å². The topological polar surface area (TPSA) is 38.1 Å². The molecule has 0 aliphatic rings. The standard InChI is InChI=1S/C14H16FN3O/c1-10-6-12(15)4-5-13(10)14(19)17(2)8-11-7-16-18(3)9-11/h4-7,9H,8H2,1-3H3. The number of hydrogen-bond donors (Lipinski definition) is 0. The molecular weight excluding hydrogens is 245 g/mol. The first-order valence-corrected chi connectivity index (χ1v) is 5.96. The highest BCUT2D eigenvalue weighted by atomic mass is 19.1. The van der Waals surface area contributed by atoms with Crippen LogP contribution in [0, 0.1) is 12.7 Å². The first-order valence-electron chi connectivity index (χ1n) is 5.96. The Morgan fingerprint density at radius 3 is 2.79 bits per heavy atom. The Morgan fingerprint density at radius 1 is 1.47 bits per heavy atom. The number of aromatic nitrogens is 2. The van der Waals surface area contributed by atoms with Crippen molar-refractivity contribution in [3.05, 3.63) is 53.1 Å². The van der Waals surface area contributed by atoms with Gasteiger partial charge in [-0.3, -0.25) is 9.48 Å². The van der Waals surface area contributed by atoms with Crippen LogP contribution in [-0.2, 0) is 13.6 Å². The van der Waals surface area contributed by atoms with Crippen LogP contribution in [0.25, 0.3) is 0 Å². The second-order valence-corrected chi connectivity index (χ2v) is 4.64. The van der Waals surface area contributed by atoms with Gasteiger partial charge in [-0.2, -0.15) is 5.10 Å². The zero-order valence-corrected chi connectivity index (χ0v) is 11.2. The lowest BCUT2D eigenvalue weighted by molar-refractivity contribution is 0.0784. The number of carbonyl (C=O) groups excluding carboxylic acids is 1. The molecule has 2 rings (SSSR count). The average molecular weight is 261 g/mol. The van der Waals surface area contributed by atoms with Gasteiger partial charge in [0.1, 0.15) is 5.82 Å². The second kappa shape index (κ2) is 5.22. The molecule has 100 valence electrons. The van der Waals surface area contributed by atoms with Crippen LogP contribution in [0.5, 0.6) is 0 Å². The van der Waals surface area contributed by atoms with E-state index in [0.29, 0.717) is 17.7 Å². The Bertz CT molecular complexity index is 606. The first kappa shape index (κ1) is 13.3. The molecule has 0 N–H and O–H groups in total. The van der Waals surface area contributed by atoms with Crippen LogP contribution in [0.15, 0.2) is 30.6 Å². The Kier molecular flexibility index (Phi) is 3.64. The van der Waals surface area contributed by atoms with Gasteiger partial charge in [-0.05, 0) is 30.7 Å². The van der Waals surface area contributed by atoms with E-state index in [2.05, 4.69) is 5.10 Å². The van der Waals surface area contributed by atoms with Crippen molar-refractivity contribution in [2.75, 3.05) is 7.05 Å². The smallest absolute Gasteiger partial charge is 0.254 e. The highest BCUT2D eigenvalue weighted by molar-refractivity contribution is 5.95. The van der Waals surface area contributed by atoms with Gasteiger partial charge in [0.25, 0.3) is 5.91 Å². The summed E-state index contributed by atoms with van der Waals surface area (Å²) in [7, 11) is 3.55. The fraction of sp³-hybridized carbons (Fsp3) is 0.286. The highest BCUT2D eigenvalue weighted by Gasteiger charge is 2.15. The van der Waals surface area contributed by atoms with E-state index >= 15 is 0 Å². The minimum atomic E-state index is -0.330. The molecule has 1 heterocycles. The van der Waals surface area contributed by atoms with Crippen molar-refractivity contribution in [3.8, 4) is 0 Å². The predicted octanol–water partition coefficient (Wildman–Crippen LogP) is 2.14. The molecule has 0 saturated heterocycles. The average Bonchev–Trinajstić information content (AvgIpc) is 2.74. The summed E-state index contributed by atoms with van der Waals surface area (Å²) < 4.78 is 14.7. The highest BCUT2D eigenvalue weighted by Crippen LogP contribution is 2.13. The quantitative estimate of drug-likeness (QED) is 0.849. The van der Waals surface area contributed by atoms with E-state index in [1.165, 1.54) is 18.2 Å². The summed E-state index contributed by atoms with van der Waals surface area (Å²) in [4.78, 5) is 13.9. The van der Waals surface area contributed by atoms with Gasteiger partial charge in [0.2, 0.25) is 0 Å². The minimum Gasteiger partial charge on any atom is -0.337 e. The minimum absolute atomic E-state index is 0.124. The number of aryl methyl sites for hydroxylation is 2. The molecule has 5 heteroatoms. The van der Waals surface area contributed by atoms with Gasteiger partial charge in [-0.15, -0.1) is 0 Å². The number of hydrogen-bond acceptors (Lipinski definition) is 2. The van der Waals surface area contributed by atoms with Crippen LogP contribution in [0.4, 0.5) is 4.39 Å². The molecule has 1 aromatic carbocycles. The van der Waals surface area contributed by atoms with E-state index in [1.807, 2.05) is 13.2 Å². The van der Waals surface area contributed by atoms with Gasteiger partial charge in [0.05, 0.1) is 6.20 Å². The molecule has 0 spiro atoms. The van der Waals surface area contributed by atoms with Gasteiger partial charge in [-0.25, -0.2) is 4.39 Å². The maximum absolute atomic E-state index is 13.0. The largest absolute Gasteiger partial charge is 0.337 e. The summed E-state index contributed by atoms with van der Waals surface area (Å²) in [6.45, 7) is 2.21. The molecular formula is C14H16FN3O. The number of halogens is 1. The van der Waals surface area contributed by atoms with Gasteiger partial charge in [-0.1, -0.05) is 0 Å². The molecule has 0 fully saturated rings.